The van der Waals surface area contributed by atoms with E-state index in [0.29, 0.717) is 11.8 Å². The van der Waals surface area contributed by atoms with Crippen LogP contribution in [0.3, 0.4) is 0 Å². The summed E-state index contributed by atoms with van der Waals surface area (Å²) in [5.41, 5.74) is 1.95. The quantitative estimate of drug-likeness (QED) is 0.686. The summed E-state index contributed by atoms with van der Waals surface area (Å²) in [5.74, 6) is 1.17. The van der Waals surface area contributed by atoms with E-state index in [1.165, 1.54) is 12.8 Å². The molecule has 14 heavy (non-hydrogen) atoms. The van der Waals surface area contributed by atoms with Gasteiger partial charge in [-0.1, -0.05) is 13.8 Å². The van der Waals surface area contributed by atoms with Crippen LogP contribution in [-0.4, -0.2) is 16.1 Å². The molecule has 1 heterocycles. The van der Waals surface area contributed by atoms with Gasteiger partial charge in [0.05, 0.1) is 17.5 Å². The van der Waals surface area contributed by atoms with Crippen LogP contribution >= 0.6 is 0 Å². The highest BCUT2D eigenvalue weighted by Gasteiger charge is 2.30. The van der Waals surface area contributed by atoms with Crippen LogP contribution in [-0.2, 0) is 6.54 Å². The van der Waals surface area contributed by atoms with Crippen LogP contribution in [0, 0.1) is 5.92 Å². The zero-order valence-corrected chi connectivity index (χ0v) is 8.73. The molecule has 1 aliphatic rings. The highest BCUT2D eigenvalue weighted by molar-refractivity contribution is 5.76. The molecule has 2 rings (SSSR count). The Morgan fingerprint density at radius 3 is 2.86 bits per heavy atom. The highest BCUT2D eigenvalue weighted by Crippen LogP contribution is 2.41. The van der Waals surface area contributed by atoms with Crippen molar-refractivity contribution in [1.29, 1.82) is 0 Å². The number of carbonyl (C=O) groups excluding carboxylic acids is 1. The van der Waals surface area contributed by atoms with Gasteiger partial charge in [0.25, 0.3) is 0 Å². The lowest BCUT2D eigenvalue weighted by Crippen LogP contribution is -2.09. The predicted octanol–water partition coefficient (Wildman–Crippen LogP) is 2.23. The Morgan fingerprint density at radius 1 is 1.64 bits per heavy atom. The zero-order chi connectivity index (χ0) is 10.1. The number of nitrogens with zero attached hydrogens (tertiary/aromatic N) is 2. The van der Waals surface area contributed by atoms with E-state index in [0.717, 1.165) is 24.1 Å². The number of aldehydes is 1. The third kappa shape index (κ3) is 1.72. The summed E-state index contributed by atoms with van der Waals surface area (Å²) in [6, 6.07) is 0. The van der Waals surface area contributed by atoms with Crippen molar-refractivity contribution in [3.8, 4) is 0 Å². The lowest BCUT2D eigenvalue weighted by Gasteiger charge is -2.09. The maximum absolute atomic E-state index is 10.8. The standard InChI is InChI=1S/C11H16N2O/c1-8(2)6-13-11(9-3-4-9)10(7-14)5-12-13/h5,7-9H,3-4,6H2,1-2H3. The molecular formula is C11H16N2O. The fourth-order valence-electron chi connectivity index (χ4n) is 1.79. The molecule has 0 saturated heterocycles. The molecule has 1 aromatic rings. The summed E-state index contributed by atoms with van der Waals surface area (Å²) >= 11 is 0. The lowest BCUT2D eigenvalue weighted by atomic mass is 10.1. The summed E-state index contributed by atoms with van der Waals surface area (Å²) in [5, 5.41) is 4.27. The first-order chi connectivity index (χ1) is 6.72. The Bertz CT molecular complexity index is 337. The van der Waals surface area contributed by atoms with Gasteiger partial charge in [-0.15, -0.1) is 0 Å². The number of hydrogen-bond donors (Lipinski definition) is 0. The van der Waals surface area contributed by atoms with Crippen molar-refractivity contribution in [3.63, 3.8) is 0 Å². The summed E-state index contributed by atoms with van der Waals surface area (Å²) in [4.78, 5) is 10.8. The number of hydrogen-bond acceptors (Lipinski definition) is 2. The van der Waals surface area contributed by atoms with Crippen molar-refractivity contribution in [2.45, 2.75) is 39.2 Å². The average Bonchev–Trinajstić information content (AvgIpc) is 2.88. The first-order valence-electron chi connectivity index (χ1n) is 5.23. The monoisotopic (exact) mass is 192 g/mol. The Kier molecular flexibility index (Phi) is 2.40. The van der Waals surface area contributed by atoms with E-state index >= 15 is 0 Å². The van der Waals surface area contributed by atoms with Crippen molar-refractivity contribution >= 4 is 6.29 Å². The molecule has 0 bridgehead atoms. The van der Waals surface area contributed by atoms with Gasteiger partial charge >= 0.3 is 0 Å². The van der Waals surface area contributed by atoms with E-state index in [-0.39, 0.29) is 0 Å². The molecule has 0 N–H and O–H groups in total. The van der Waals surface area contributed by atoms with Gasteiger partial charge in [-0.2, -0.15) is 5.10 Å². The third-order valence-corrected chi connectivity index (χ3v) is 2.54. The Hall–Kier alpha value is -1.12. The topological polar surface area (TPSA) is 34.9 Å². The molecule has 1 aromatic heterocycles. The molecule has 0 atom stereocenters. The second kappa shape index (κ2) is 3.56. The van der Waals surface area contributed by atoms with Crippen LogP contribution in [0.15, 0.2) is 6.20 Å². The van der Waals surface area contributed by atoms with Crippen molar-refractivity contribution in [2.24, 2.45) is 5.92 Å². The van der Waals surface area contributed by atoms with Crippen LogP contribution in [0.1, 0.15) is 48.7 Å². The molecule has 3 nitrogen and oxygen atoms in total. The number of rotatable bonds is 4. The van der Waals surface area contributed by atoms with Crippen LogP contribution in [0.2, 0.25) is 0 Å². The van der Waals surface area contributed by atoms with Gasteiger partial charge in [0.15, 0.2) is 6.29 Å². The van der Waals surface area contributed by atoms with Gasteiger partial charge in [0.2, 0.25) is 0 Å². The minimum atomic E-state index is 0.576. The molecule has 1 saturated carbocycles. The van der Waals surface area contributed by atoms with Crippen molar-refractivity contribution in [3.05, 3.63) is 17.5 Å². The molecule has 0 aromatic carbocycles. The fraction of sp³-hybridized carbons (Fsp3) is 0.636. The molecule has 1 fully saturated rings. The summed E-state index contributed by atoms with van der Waals surface area (Å²) in [6.45, 7) is 5.25. The second-order valence-electron chi connectivity index (χ2n) is 4.45. The lowest BCUT2D eigenvalue weighted by molar-refractivity contribution is 0.112. The SMILES string of the molecule is CC(C)Cn1ncc(C=O)c1C1CC1. The van der Waals surface area contributed by atoms with E-state index in [1.807, 2.05) is 4.68 Å². The van der Waals surface area contributed by atoms with Crippen LogP contribution in [0.4, 0.5) is 0 Å². The van der Waals surface area contributed by atoms with E-state index in [9.17, 15) is 4.79 Å². The Labute approximate surface area is 84.1 Å². The van der Waals surface area contributed by atoms with Gasteiger partial charge in [-0.3, -0.25) is 9.48 Å². The first kappa shape index (κ1) is 9.44. The maximum atomic E-state index is 10.8. The van der Waals surface area contributed by atoms with E-state index < -0.39 is 0 Å². The Morgan fingerprint density at radius 2 is 2.36 bits per heavy atom. The summed E-state index contributed by atoms with van der Waals surface area (Å²) in [7, 11) is 0. The molecule has 0 radical (unpaired) electrons. The third-order valence-electron chi connectivity index (χ3n) is 2.54. The first-order valence-corrected chi connectivity index (χ1v) is 5.23. The molecular weight excluding hydrogens is 176 g/mol. The van der Waals surface area contributed by atoms with Gasteiger partial charge in [-0.25, -0.2) is 0 Å². The molecule has 3 heteroatoms. The highest BCUT2D eigenvalue weighted by atomic mass is 16.1. The number of aromatic nitrogens is 2. The zero-order valence-electron chi connectivity index (χ0n) is 8.73. The van der Waals surface area contributed by atoms with E-state index in [4.69, 9.17) is 0 Å². The second-order valence-corrected chi connectivity index (χ2v) is 4.45. The molecule has 0 aliphatic heterocycles. The van der Waals surface area contributed by atoms with Gasteiger partial charge in [0, 0.05) is 12.5 Å². The van der Waals surface area contributed by atoms with Crippen molar-refractivity contribution < 1.29 is 4.79 Å². The smallest absolute Gasteiger partial charge is 0.153 e. The van der Waals surface area contributed by atoms with Crippen molar-refractivity contribution in [2.75, 3.05) is 0 Å². The molecule has 76 valence electrons. The molecule has 0 unspecified atom stereocenters. The minimum Gasteiger partial charge on any atom is -0.298 e. The number of carbonyl (C=O) groups is 1. The minimum absolute atomic E-state index is 0.576. The summed E-state index contributed by atoms with van der Waals surface area (Å²) < 4.78 is 2.01. The van der Waals surface area contributed by atoms with Gasteiger partial charge in [0.1, 0.15) is 0 Å². The Balaban J connectivity index is 2.29. The summed E-state index contributed by atoms with van der Waals surface area (Å²) in [6.07, 6.45) is 5.05. The van der Waals surface area contributed by atoms with E-state index in [1.54, 1.807) is 6.20 Å². The normalized spacial score (nSPS) is 16.2. The largest absolute Gasteiger partial charge is 0.298 e. The molecule has 0 amide bonds. The van der Waals surface area contributed by atoms with Crippen LogP contribution in [0.5, 0.6) is 0 Å². The average molecular weight is 192 g/mol. The van der Waals surface area contributed by atoms with Crippen LogP contribution < -0.4 is 0 Å². The molecule has 0 spiro atoms. The molecule has 1 aliphatic carbocycles. The fourth-order valence-corrected chi connectivity index (χ4v) is 1.79. The maximum Gasteiger partial charge on any atom is 0.153 e. The predicted molar refractivity (Wildman–Crippen MR) is 54.4 cm³/mol. The van der Waals surface area contributed by atoms with Gasteiger partial charge < -0.3 is 0 Å². The van der Waals surface area contributed by atoms with Crippen molar-refractivity contribution in [1.82, 2.24) is 9.78 Å². The van der Waals surface area contributed by atoms with Crippen LogP contribution in [0.25, 0.3) is 0 Å². The van der Waals surface area contributed by atoms with E-state index in [2.05, 4.69) is 18.9 Å². The van der Waals surface area contributed by atoms with Gasteiger partial charge in [-0.05, 0) is 18.8 Å².